The van der Waals surface area contributed by atoms with Crippen molar-refractivity contribution < 1.29 is 14.7 Å². The standard InChI is InChI=1S/C23H39N5O3S/c1-15(2)14-28(17-10-16(21(30)31)11-24-12-17)20(29)18-13-26-22(23(3,4)5)27-19(18)25-8-7-9-32-6/h13,15-17,24H,7-12,14H2,1-6H3,(H,30,31)(H,25,26,27). The van der Waals surface area contributed by atoms with Gasteiger partial charge in [0.15, 0.2) is 0 Å². The van der Waals surface area contributed by atoms with E-state index in [-0.39, 0.29) is 23.3 Å². The Balaban J connectivity index is 2.36. The molecule has 1 aliphatic rings. The number of carbonyl (C=O) groups is 2. The highest BCUT2D eigenvalue weighted by Gasteiger charge is 2.34. The highest BCUT2D eigenvalue weighted by molar-refractivity contribution is 7.98. The quantitative estimate of drug-likeness (QED) is 0.453. The van der Waals surface area contributed by atoms with Gasteiger partial charge in [-0.3, -0.25) is 9.59 Å². The maximum atomic E-state index is 13.8. The third kappa shape index (κ3) is 7.33. The summed E-state index contributed by atoms with van der Waals surface area (Å²) in [4.78, 5) is 36.4. The Morgan fingerprint density at radius 3 is 2.66 bits per heavy atom. The molecule has 9 heteroatoms. The zero-order valence-corrected chi connectivity index (χ0v) is 21.1. The van der Waals surface area contributed by atoms with E-state index in [0.29, 0.717) is 43.3 Å². The van der Waals surface area contributed by atoms with Crippen LogP contribution in [0.15, 0.2) is 6.20 Å². The summed E-state index contributed by atoms with van der Waals surface area (Å²) in [6.45, 7) is 12.5. The fourth-order valence-corrected chi connectivity index (χ4v) is 4.18. The van der Waals surface area contributed by atoms with Gasteiger partial charge in [0.25, 0.3) is 5.91 Å². The predicted octanol–water partition coefficient (Wildman–Crippen LogP) is 3.10. The van der Waals surface area contributed by atoms with Crippen molar-refractivity contribution in [1.29, 1.82) is 0 Å². The molecule has 0 aromatic carbocycles. The van der Waals surface area contributed by atoms with Crippen LogP contribution >= 0.6 is 11.8 Å². The average molecular weight is 466 g/mol. The highest BCUT2D eigenvalue weighted by atomic mass is 32.2. The fourth-order valence-electron chi connectivity index (χ4n) is 3.75. The number of carbonyl (C=O) groups excluding carboxylic acids is 1. The summed E-state index contributed by atoms with van der Waals surface area (Å²) in [5.74, 6) is 1.04. The number of hydrogen-bond donors (Lipinski definition) is 3. The van der Waals surface area contributed by atoms with Crippen molar-refractivity contribution in [3.63, 3.8) is 0 Å². The Kier molecular flexibility index (Phi) is 9.76. The van der Waals surface area contributed by atoms with Crippen molar-refractivity contribution in [3.8, 4) is 0 Å². The van der Waals surface area contributed by atoms with Crippen LogP contribution in [0.3, 0.4) is 0 Å². The van der Waals surface area contributed by atoms with E-state index >= 15 is 0 Å². The third-order valence-corrected chi connectivity index (χ3v) is 6.14. The second kappa shape index (κ2) is 11.8. The van der Waals surface area contributed by atoms with Crippen molar-refractivity contribution in [1.82, 2.24) is 20.2 Å². The van der Waals surface area contributed by atoms with Crippen LogP contribution in [-0.2, 0) is 10.2 Å². The molecular formula is C23H39N5O3S. The highest BCUT2D eigenvalue weighted by Crippen LogP contribution is 2.25. The number of aliphatic carboxylic acids is 1. The van der Waals surface area contributed by atoms with Gasteiger partial charge in [-0.25, -0.2) is 9.97 Å². The van der Waals surface area contributed by atoms with Gasteiger partial charge >= 0.3 is 5.97 Å². The SMILES string of the molecule is CSCCCNc1nc(C(C)(C)C)ncc1C(=O)N(CC(C)C)C1CNCC(C(=O)O)C1. The molecule has 2 rings (SSSR count). The van der Waals surface area contributed by atoms with Gasteiger partial charge in [0.1, 0.15) is 17.2 Å². The lowest BCUT2D eigenvalue weighted by molar-refractivity contribution is -0.142. The predicted molar refractivity (Wildman–Crippen MR) is 130 cm³/mol. The number of piperidine rings is 1. The Morgan fingerprint density at radius 1 is 1.34 bits per heavy atom. The minimum atomic E-state index is -0.826. The van der Waals surface area contributed by atoms with Crippen LogP contribution in [0.2, 0.25) is 0 Å². The Hall–Kier alpha value is -1.87. The molecule has 0 bridgehead atoms. The Bertz CT molecular complexity index is 781. The topological polar surface area (TPSA) is 107 Å². The number of anilines is 1. The van der Waals surface area contributed by atoms with Crippen LogP contribution in [0.4, 0.5) is 5.82 Å². The zero-order valence-electron chi connectivity index (χ0n) is 20.3. The number of carboxylic acid groups (broad SMARTS) is 1. The molecule has 32 heavy (non-hydrogen) atoms. The first kappa shape index (κ1) is 26.4. The summed E-state index contributed by atoms with van der Waals surface area (Å²) in [5.41, 5.74) is 0.205. The van der Waals surface area contributed by atoms with Crippen molar-refractivity contribution >= 4 is 29.5 Å². The number of hydrogen-bond acceptors (Lipinski definition) is 7. The van der Waals surface area contributed by atoms with E-state index in [1.54, 1.807) is 18.0 Å². The first-order valence-electron chi connectivity index (χ1n) is 11.4. The van der Waals surface area contributed by atoms with Crippen molar-refractivity contribution in [3.05, 3.63) is 17.6 Å². The van der Waals surface area contributed by atoms with Gasteiger partial charge in [-0.05, 0) is 30.8 Å². The monoisotopic (exact) mass is 465 g/mol. The van der Waals surface area contributed by atoms with E-state index in [9.17, 15) is 14.7 Å². The second-order valence-corrected chi connectivity index (χ2v) is 10.9. The number of rotatable bonds is 10. The minimum Gasteiger partial charge on any atom is -0.481 e. The molecule has 180 valence electrons. The van der Waals surface area contributed by atoms with E-state index in [1.165, 1.54) is 0 Å². The van der Waals surface area contributed by atoms with E-state index in [4.69, 9.17) is 4.98 Å². The van der Waals surface area contributed by atoms with Crippen LogP contribution in [0.5, 0.6) is 0 Å². The maximum absolute atomic E-state index is 13.8. The third-order valence-electron chi connectivity index (χ3n) is 5.45. The first-order valence-corrected chi connectivity index (χ1v) is 12.8. The molecule has 1 amide bonds. The summed E-state index contributed by atoms with van der Waals surface area (Å²) in [6, 6.07) is -0.189. The van der Waals surface area contributed by atoms with Gasteiger partial charge in [0, 0.05) is 43.8 Å². The summed E-state index contributed by atoms with van der Waals surface area (Å²) in [5, 5.41) is 16.0. The van der Waals surface area contributed by atoms with Crippen LogP contribution in [0, 0.1) is 11.8 Å². The lowest BCUT2D eigenvalue weighted by atomic mass is 9.93. The maximum Gasteiger partial charge on any atom is 0.307 e. The molecule has 1 aromatic heterocycles. The molecule has 1 fully saturated rings. The van der Waals surface area contributed by atoms with Gasteiger partial charge in [-0.2, -0.15) is 11.8 Å². The number of aromatic nitrogens is 2. The van der Waals surface area contributed by atoms with Crippen LogP contribution in [-0.4, -0.2) is 76.1 Å². The molecule has 8 nitrogen and oxygen atoms in total. The number of nitrogens with zero attached hydrogens (tertiary/aromatic N) is 3. The molecule has 1 aliphatic heterocycles. The van der Waals surface area contributed by atoms with E-state index in [0.717, 1.165) is 18.7 Å². The zero-order chi connectivity index (χ0) is 23.9. The summed E-state index contributed by atoms with van der Waals surface area (Å²) >= 11 is 1.78. The largest absolute Gasteiger partial charge is 0.481 e. The Morgan fingerprint density at radius 2 is 2.06 bits per heavy atom. The average Bonchev–Trinajstić information content (AvgIpc) is 2.73. The number of thioether (sulfide) groups is 1. The number of carboxylic acids is 1. The molecule has 1 saturated heterocycles. The summed E-state index contributed by atoms with van der Waals surface area (Å²) in [6.07, 6.45) is 5.11. The molecule has 0 saturated carbocycles. The molecule has 0 aliphatic carbocycles. The molecule has 0 spiro atoms. The molecule has 2 unspecified atom stereocenters. The van der Waals surface area contributed by atoms with Gasteiger partial charge in [0.2, 0.25) is 0 Å². The normalized spacial score (nSPS) is 19.1. The molecule has 0 radical (unpaired) electrons. The van der Waals surface area contributed by atoms with E-state index in [1.807, 2.05) is 25.7 Å². The van der Waals surface area contributed by atoms with Gasteiger partial charge < -0.3 is 20.6 Å². The number of amides is 1. The van der Waals surface area contributed by atoms with Crippen molar-refractivity contribution in [2.24, 2.45) is 11.8 Å². The molecular weight excluding hydrogens is 426 g/mol. The van der Waals surface area contributed by atoms with Crippen LogP contribution < -0.4 is 10.6 Å². The van der Waals surface area contributed by atoms with Crippen LogP contribution in [0.25, 0.3) is 0 Å². The molecule has 2 heterocycles. The summed E-state index contributed by atoms with van der Waals surface area (Å²) in [7, 11) is 0. The van der Waals surface area contributed by atoms with Crippen molar-refractivity contribution in [2.45, 2.75) is 58.9 Å². The Labute approximate surface area is 196 Å². The smallest absolute Gasteiger partial charge is 0.307 e. The van der Waals surface area contributed by atoms with E-state index in [2.05, 4.69) is 35.7 Å². The van der Waals surface area contributed by atoms with E-state index < -0.39 is 11.9 Å². The fraction of sp³-hybridized carbons (Fsp3) is 0.739. The van der Waals surface area contributed by atoms with Gasteiger partial charge in [-0.1, -0.05) is 34.6 Å². The van der Waals surface area contributed by atoms with Gasteiger partial charge in [0.05, 0.1) is 5.92 Å². The van der Waals surface area contributed by atoms with Gasteiger partial charge in [-0.15, -0.1) is 0 Å². The molecule has 1 aromatic rings. The molecule has 3 N–H and O–H groups in total. The van der Waals surface area contributed by atoms with Crippen molar-refractivity contribution in [2.75, 3.05) is 43.5 Å². The second-order valence-electron chi connectivity index (χ2n) is 9.91. The lowest BCUT2D eigenvalue weighted by Gasteiger charge is -2.38. The molecule has 2 atom stereocenters. The van der Waals surface area contributed by atoms with Crippen LogP contribution in [0.1, 0.15) is 63.6 Å². The lowest BCUT2D eigenvalue weighted by Crippen LogP contribution is -2.53. The summed E-state index contributed by atoms with van der Waals surface area (Å²) < 4.78 is 0. The minimum absolute atomic E-state index is 0.149. The first-order chi connectivity index (χ1) is 15.0. The number of nitrogens with one attached hydrogen (secondary N) is 2.